The number of amides is 1. The molecule has 1 rings (SSSR count). The molecule has 114 valence electrons. The second kappa shape index (κ2) is 6.27. The van der Waals surface area contributed by atoms with E-state index in [4.69, 9.17) is 4.74 Å². The number of carbonyl (C=O) groups is 1. The predicted molar refractivity (Wildman–Crippen MR) is 84.3 cm³/mol. The van der Waals surface area contributed by atoms with Crippen LogP contribution in [0.5, 0.6) is 0 Å². The van der Waals surface area contributed by atoms with Crippen LogP contribution in [0.2, 0.25) is 19.6 Å². The smallest absolute Gasteiger partial charge is 0.412 e. The van der Waals surface area contributed by atoms with Crippen molar-refractivity contribution in [3.63, 3.8) is 0 Å². The quantitative estimate of drug-likeness (QED) is 0.634. The number of nitrogens with zero attached hydrogens (tertiary/aromatic N) is 1. The summed E-state index contributed by atoms with van der Waals surface area (Å²) in [7, 11) is -1.66. The predicted octanol–water partition coefficient (Wildman–Crippen LogP) is 3.80. The van der Waals surface area contributed by atoms with E-state index in [1.165, 1.54) is 6.20 Å². The molecule has 1 heterocycles. The molecule has 0 fully saturated rings. The Bertz CT molecular complexity index is 592. The summed E-state index contributed by atoms with van der Waals surface area (Å²) in [6, 6.07) is 0. The van der Waals surface area contributed by atoms with E-state index in [9.17, 15) is 9.18 Å². The molecule has 4 nitrogen and oxygen atoms in total. The zero-order valence-corrected chi connectivity index (χ0v) is 14.3. The summed E-state index contributed by atoms with van der Waals surface area (Å²) < 4.78 is 19.0. The maximum absolute atomic E-state index is 13.9. The van der Waals surface area contributed by atoms with Gasteiger partial charge in [0.2, 0.25) is 0 Å². The standard InChI is InChI=1S/C15H21FN2O2Si/c1-15(2,3)20-14(19)18-13-10-17-9-12(16)11(13)7-8-21(4,5)6/h9-10H,1-6H3,(H,18,19). The summed E-state index contributed by atoms with van der Waals surface area (Å²) in [6.07, 6.45) is 1.78. The highest BCUT2D eigenvalue weighted by Gasteiger charge is 2.18. The zero-order chi connectivity index (χ0) is 16.3. The van der Waals surface area contributed by atoms with Crippen LogP contribution >= 0.6 is 0 Å². The lowest BCUT2D eigenvalue weighted by atomic mass is 10.2. The Morgan fingerprint density at radius 1 is 1.33 bits per heavy atom. The van der Waals surface area contributed by atoms with E-state index >= 15 is 0 Å². The highest BCUT2D eigenvalue weighted by Crippen LogP contribution is 2.18. The number of pyridine rings is 1. The van der Waals surface area contributed by atoms with Crippen molar-refractivity contribution < 1.29 is 13.9 Å². The first kappa shape index (κ1) is 17.2. The van der Waals surface area contributed by atoms with Crippen LogP contribution in [0.25, 0.3) is 0 Å². The Morgan fingerprint density at radius 2 is 1.95 bits per heavy atom. The Kier molecular flexibility index (Phi) is 5.13. The molecule has 6 heteroatoms. The minimum atomic E-state index is -1.66. The zero-order valence-electron chi connectivity index (χ0n) is 13.3. The SMILES string of the molecule is CC(C)(C)OC(=O)Nc1cncc(F)c1C#C[Si](C)(C)C. The van der Waals surface area contributed by atoms with E-state index in [0.717, 1.165) is 6.20 Å². The van der Waals surface area contributed by atoms with Crippen molar-refractivity contribution in [2.75, 3.05) is 5.32 Å². The van der Waals surface area contributed by atoms with Gasteiger partial charge in [-0.15, -0.1) is 5.54 Å². The van der Waals surface area contributed by atoms with Crippen LogP contribution in [-0.4, -0.2) is 24.8 Å². The topological polar surface area (TPSA) is 51.2 Å². The molecule has 0 aliphatic carbocycles. The maximum Gasteiger partial charge on any atom is 0.412 e. The number of carbonyl (C=O) groups excluding carboxylic acids is 1. The van der Waals surface area contributed by atoms with Crippen molar-refractivity contribution in [1.29, 1.82) is 0 Å². The van der Waals surface area contributed by atoms with Crippen LogP contribution < -0.4 is 5.32 Å². The van der Waals surface area contributed by atoms with Crippen molar-refractivity contribution in [3.8, 4) is 11.5 Å². The van der Waals surface area contributed by atoms with E-state index in [1.54, 1.807) is 20.8 Å². The molecule has 1 N–H and O–H groups in total. The van der Waals surface area contributed by atoms with E-state index in [0.29, 0.717) is 0 Å². The van der Waals surface area contributed by atoms with Gasteiger partial charge < -0.3 is 4.74 Å². The third-order valence-electron chi connectivity index (χ3n) is 2.10. The third kappa shape index (κ3) is 6.41. The Labute approximate surface area is 126 Å². The lowest BCUT2D eigenvalue weighted by Crippen LogP contribution is -2.27. The summed E-state index contributed by atoms with van der Waals surface area (Å²) >= 11 is 0. The molecular formula is C15H21FN2O2Si. The molecule has 0 atom stereocenters. The van der Waals surface area contributed by atoms with Gasteiger partial charge in [-0.05, 0) is 20.8 Å². The largest absolute Gasteiger partial charge is 0.444 e. The van der Waals surface area contributed by atoms with Gasteiger partial charge in [-0.2, -0.15) is 0 Å². The van der Waals surface area contributed by atoms with E-state index in [1.807, 2.05) is 0 Å². The second-order valence-corrected chi connectivity index (χ2v) is 11.4. The summed E-state index contributed by atoms with van der Waals surface area (Å²) in [5, 5.41) is 2.49. The van der Waals surface area contributed by atoms with Gasteiger partial charge >= 0.3 is 6.09 Å². The van der Waals surface area contributed by atoms with Crippen molar-refractivity contribution in [2.24, 2.45) is 0 Å². The van der Waals surface area contributed by atoms with Crippen LogP contribution in [0.15, 0.2) is 12.4 Å². The number of hydrogen-bond donors (Lipinski definition) is 1. The lowest BCUT2D eigenvalue weighted by molar-refractivity contribution is 0.0636. The van der Waals surface area contributed by atoms with Gasteiger partial charge in [-0.3, -0.25) is 10.3 Å². The lowest BCUT2D eigenvalue weighted by Gasteiger charge is -2.20. The first-order valence-corrected chi connectivity index (χ1v) is 10.1. The van der Waals surface area contributed by atoms with Gasteiger partial charge in [0.05, 0.1) is 23.6 Å². The molecule has 21 heavy (non-hydrogen) atoms. The molecule has 0 saturated carbocycles. The first-order valence-electron chi connectivity index (χ1n) is 6.65. The molecule has 1 aromatic heterocycles. The molecule has 0 bridgehead atoms. The van der Waals surface area contributed by atoms with Crippen molar-refractivity contribution in [3.05, 3.63) is 23.8 Å². The molecule has 1 aromatic rings. The molecule has 0 aliphatic rings. The number of ether oxygens (including phenoxy) is 1. The van der Waals surface area contributed by atoms with Crippen LogP contribution in [0.4, 0.5) is 14.9 Å². The number of anilines is 1. The maximum atomic E-state index is 13.9. The summed E-state index contributed by atoms with van der Waals surface area (Å²) in [5.74, 6) is 2.26. The summed E-state index contributed by atoms with van der Waals surface area (Å²) in [5.41, 5.74) is 2.79. The van der Waals surface area contributed by atoms with Crippen LogP contribution in [0.1, 0.15) is 26.3 Å². The van der Waals surface area contributed by atoms with Crippen molar-refractivity contribution in [2.45, 2.75) is 46.0 Å². The molecule has 0 aromatic carbocycles. The van der Waals surface area contributed by atoms with Gasteiger partial charge in [0.1, 0.15) is 13.7 Å². The normalized spacial score (nSPS) is 11.4. The fraction of sp³-hybridized carbons (Fsp3) is 0.467. The van der Waals surface area contributed by atoms with Crippen LogP contribution in [0.3, 0.4) is 0 Å². The fourth-order valence-electron chi connectivity index (χ4n) is 1.32. The highest BCUT2D eigenvalue weighted by atomic mass is 28.3. The Hall–Kier alpha value is -1.87. The molecule has 0 unspecified atom stereocenters. The highest BCUT2D eigenvalue weighted by molar-refractivity contribution is 6.83. The summed E-state index contributed by atoms with van der Waals surface area (Å²) in [4.78, 5) is 15.5. The van der Waals surface area contributed by atoms with Crippen LogP contribution in [-0.2, 0) is 4.74 Å². The minimum Gasteiger partial charge on any atom is -0.444 e. The molecule has 0 spiro atoms. The average molecular weight is 308 g/mol. The fourth-order valence-corrected chi connectivity index (χ4v) is 1.82. The molecular weight excluding hydrogens is 287 g/mol. The van der Waals surface area contributed by atoms with E-state index < -0.39 is 25.6 Å². The van der Waals surface area contributed by atoms with E-state index in [-0.39, 0.29) is 11.3 Å². The average Bonchev–Trinajstić information content (AvgIpc) is 2.23. The molecule has 0 radical (unpaired) electrons. The Balaban J connectivity index is 3.05. The van der Waals surface area contributed by atoms with Crippen LogP contribution in [0, 0.1) is 17.3 Å². The van der Waals surface area contributed by atoms with Gasteiger partial charge in [0, 0.05) is 0 Å². The van der Waals surface area contributed by atoms with Gasteiger partial charge in [-0.1, -0.05) is 25.6 Å². The Morgan fingerprint density at radius 3 is 2.48 bits per heavy atom. The number of aromatic nitrogens is 1. The number of halogens is 1. The number of rotatable bonds is 1. The van der Waals surface area contributed by atoms with E-state index in [2.05, 4.69) is 41.4 Å². The minimum absolute atomic E-state index is 0.137. The number of nitrogens with one attached hydrogen (secondary N) is 1. The molecule has 0 aliphatic heterocycles. The second-order valence-electron chi connectivity index (χ2n) is 6.67. The number of hydrogen-bond acceptors (Lipinski definition) is 3. The van der Waals surface area contributed by atoms with Gasteiger partial charge in [0.15, 0.2) is 5.82 Å². The molecule has 0 saturated heterocycles. The van der Waals surface area contributed by atoms with Gasteiger partial charge in [-0.25, -0.2) is 9.18 Å². The van der Waals surface area contributed by atoms with Gasteiger partial charge in [0.25, 0.3) is 0 Å². The van der Waals surface area contributed by atoms with Crippen molar-refractivity contribution >= 4 is 19.9 Å². The first-order chi connectivity index (χ1) is 9.48. The van der Waals surface area contributed by atoms with Crippen molar-refractivity contribution in [1.82, 2.24) is 4.98 Å². The summed E-state index contributed by atoms with van der Waals surface area (Å²) in [6.45, 7) is 11.4. The third-order valence-corrected chi connectivity index (χ3v) is 2.97. The monoisotopic (exact) mass is 308 g/mol. The molecule has 1 amide bonds.